The highest BCUT2D eigenvalue weighted by molar-refractivity contribution is 6.35. The molecule has 0 aliphatic carbocycles. The Morgan fingerprint density at radius 2 is 1.79 bits per heavy atom. The Morgan fingerprint density at radius 1 is 1.03 bits per heavy atom. The largest absolute Gasteiger partial charge is 0.496 e. The molecule has 0 unspecified atom stereocenters. The van der Waals surface area contributed by atoms with Gasteiger partial charge in [0.2, 0.25) is 6.23 Å². The Kier molecular flexibility index (Phi) is 4.61. The predicted octanol–water partition coefficient (Wildman–Crippen LogP) is 6.24. The molecule has 146 valence electrons. The number of hydrogen-bond acceptors (Lipinski definition) is 4. The summed E-state index contributed by atoms with van der Waals surface area (Å²) in [6.45, 7) is 0. The summed E-state index contributed by atoms with van der Waals surface area (Å²) in [4.78, 5) is 0. The lowest BCUT2D eigenvalue weighted by molar-refractivity contribution is -0.0202. The van der Waals surface area contributed by atoms with E-state index in [0.29, 0.717) is 15.8 Å². The summed E-state index contributed by atoms with van der Waals surface area (Å²) >= 11 is 12.8. The molecule has 0 fully saturated rings. The van der Waals surface area contributed by atoms with Gasteiger partial charge in [0.25, 0.3) is 0 Å². The van der Waals surface area contributed by atoms with Crippen molar-refractivity contribution >= 4 is 28.9 Å². The summed E-state index contributed by atoms with van der Waals surface area (Å²) in [6, 6.07) is 21.8. The van der Waals surface area contributed by atoms with Gasteiger partial charge < -0.3 is 9.47 Å². The summed E-state index contributed by atoms with van der Waals surface area (Å²) in [5.41, 5.74) is 3.95. The highest BCUT2D eigenvalue weighted by atomic mass is 35.5. The Bertz CT molecular complexity index is 1100. The first kappa shape index (κ1) is 18.3. The van der Waals surface area contributed by atoms with Crippen molar-refractivity contribution in [2.45, 2.75) is 18.7 Å². The minimum absolute atomic E-state index is 0.0524. The van der Waals surface area contributed by atoms with E-state index < -0.39 is 6.23 Å². The molecule has 0 radical (unpaired) electrons. The average molecular weight is 425 g/mol. The molecular formula is C23H18Cl2N2O2. The van der Waals surface area contributed by atoms with Gasteiger partial charge in [0.1, 0.15) is 11.5 Å². The molecule has 2 aliphatic heterocycles. The molecule has 0 N–H and O–H groups in total. The SMILES string of the molecule is COc1cc(Cl)cc(Cl)c1[C@@H]1Oc2ccccc2[C@@H]2CC(c3ccccc3)=NN21. The Labute approximate surface area is 179 Å². The molecule has 0 aromatic heterocycles. The van der Waals surface area contributed by atoms with Crippen LogP contribution >= 0.6 is 23.2 Å². The number of hydrogen-bond donors (Lipinski definition) is 0. The number of fused-ring (bicyclic) bond motifs is 3. The first-order valence-electron chi connectivity index (χ1n) is 9.35. The number of hydrazone groups is 1. The molecule has 2 aliphatic rings. The minimum atomic E-state index is -0.518. The van der Waals surface area contributed by atoms with Crippen LogP contribution < -0.4 is 9.47 Å². The maximum absolute atomic E-state index is 6.60. The van der Waals surface area contributed by atoms with Gasteiger partial charge in [-0.1, -0.05) is 71.7 Å². The van der Waals surface area contributed by atoms with E-state index in [9.17, 15) is 0 Å². The van der Waals surface area contributed by atoms with Gasteiger partial charge in [-0.15, -0.1) is 0 Å². The van der Waals surface area contributed by atoms with Gasteiger partial charge in [-0.05, 0) is 23.8 Å². The standard InChI is InChI=1S/C23H18Cl2N2O2/c1-28-21-12-15(24)11-17(25)22(21)23-27-19(16-9-5-6-10-20(16)29-23)13-18(26-27)14-7-3-2-4-8-14/h2-12,19,23H,13H2,1H3/t19-,23-/m0/s1. The number of halogens is 2. The van der Waals surface area contributed by atoms with Crippen LogP contribution in [0.3, 0.4) is 0 Å². The van der Waals surface area contributed by atoms with E-state index in [0.717, 1.165) is 34.6 Å². The fourth-order valence-corrected chi connectivity index (χ4v) is 4.57. The van der Waals surface area contributed by atoms with Crippen molar-refractivity contribution in [2.75, 3.05) is 7.11 Å². The van der Waals surface area contributed by atoms with Crippen molar-refractivity contribution in [1.29, 1.82) is 0 Å². The maximum atomic E-state index is 6.60. The van der Waals surface area contributed by atoms with E-state index in [2.05, 4.69) is 18.2 Å². The van der Waals surface area contributed by atoms with Gasteiger partial charge in [0, 0.05) is 17.0 Å². The van der Waals surface area contributed by atoms with Crippen LogP contribution in [0.2, 0.25) is 10.0 Å². The third-order valence-corrected chi connectivity index (χ3v) is 5.86. The average Bonchev–Trinajstić information content (AvgIpc) is 3.19. The Balaban J connectivity index is 1.66. The molecule has 0 spiro atoms. The molecule has 0 saturated heterocycles. The van der Waals surface area contributed by atoms with Crippen LogP contribution in [0.5, 0.6) is 11.5 Å². The van der Waals surface area contributed by atoms with E-state index in [1.54, 1.807) is 19.2 Å². The third kappa shape index (κ3) is 3.13. The molecule has 3 aromatic carbocycles. The molecular weight excluding hydrogens is 407 g/mol. The predicted molar refractivity (Wildman–Crippen MR) is 115 cm³/mol. The van der Waals surface area contributed by atoms with Crippen LogP contribution in [0.25, 0.3) is 0 Å². The minimum Gasteiger partial charge on any atom is -0.496 e. The van der Waals surface area contributed by atoms with Crippen LogP contribution in [0, 0.1) is 0 Å². The first-order chi connectivity index (χ1) is 14.2. The summed E-state index contributed by atoms with van der Waals surface area (Å²) < 4.78 is 12.0. The number of nitrogens with zero attached hydrogens (tertiary/aromatic N) is 2. The molecule has 2 atom stereocenters. The summed E-state index contributed by atoms with van der Waals surface area (Å²) in [5, 5.41) is 7.94. The summed E-state index contributed by atoms with van der Waals surface area (Å²) in [5.74, 6) is 1.41. The van der Waals surface area contributed by atoms with Crippen molar-refractivity contribution in [1.82, 2.24) is 5.01 Å². The van der Waals surface area contributed by atoms with E-state index in [1.165, 1.54) is 0 Å². The molecule has 6 heteroatoms. The van der Waals surface area contributed by atoms with Crippen LogP contribution in [-0.4, -0.2) is 17.8 Å². The maximum Gasteiger partial charge on any atom is 0.218 e. The Morgan fingerprint density at radius 3 is 2.59 bits per heavy atom. The molecule has 4 nitrogen and oxygen atoms in total. The van der Waals surface area contributed by atoms with Gasteiger partial charge in [-0.3, -0.25) is 0 Å². The van der Waals surface area contributed by atoms with Crippen molar-refractivity contribution in [3.63, 3.8) is 0 Å². The number of benzene rings is 3. The van der Waals surface area contributed by atoms with Crippen molar-refractivity contribution in [3.05, 3.63) is 93.5 Å². The molecule has 5 rings (SSSR count). The van der Waals surface area contributed by atoms with Gasteiger partial charge in [0.05, 0.1) is 29.4 Å². The second-order valence-corrected chi connectivity index (χ2v) is 7.87. The number of rotatable bonds is 3. The smallest absolute Gasteiger partial charge is 0.218 e. The molecule has 0 saturated carbocycles. The molecule has 0 bridgehead atoms. The first-order valence-corrected chi connectivity index (χ1v) is 10.1. The van der Waals surface area contributed by atoms with Gasteiger partial charge in [-0.25, -0.2) is 5.01 Å². The summed E-state index contributed by atoms with van der Waals surface area (Å²) in [7, 11) is 1.60. The van der Waals surface area contributed by atoms with Crippen LogP contribution in [0.1, 0.15) is 35.4 Å². The van der Waals surface area contributed by atoms with Crippen LogP contribution in [0.4, 0.5) is 0 Å². The van der Waals surface area contributed by atoms with Crippen molar-refractivity contribution in [2.24, 2.45) is 5.10 Å². The molecule has 0 amide bonds. The van der Waals surface area contributed by atoms with Crippen LogP contribution in [0.15, 0.2) is 71.8 Å². The normalized spacial score (nSPS) is 19.8. The fraction of sp³-hybridized carbons (Fsp3) is 0.174. The van der Waals surface area contributed by atoms with Gasteiger partial charge in [0.15, 0.2) is 0 Å². The van der Waals surface area contributed by atoms with Crippen molar-refractivity contribution < 1.29 is 9.47 Å². The zero-order chi connectivity index (χ0) is 20.0. The van der Waals surface area contributed by atoms with E-state index in [4.69, 9.17) is 37.8 Å². The lowest BCUT2D eigenvalue weighted by Crippen LogP contribution is -2.34. The van der Waals surface area contributed by atoms with Crippen molar-refractivity contribution in [3.8, 4) is 11.5 Å². The van der Waals surface area contributed by atoms with Gasteiger partial charge in [-0.2, -0.15) is 5.10 Å². The highest BCUT2D eigenvalue weighted by Gasteiger charge is 2.42. The lowest BCUT2D eigenvalue weighted by atomic mass is 9.96. The molecule has 2 heterocycles. The number of methoxy groups -OCH3 is 1. The van der Waals surface area contributed by atoms with E-state index >= 15 is 0 Å². The third-order valence-electron chi connectivity index (χ3n) is 5.33. The van der Waals surface area contributed by atoms with E-state index in [-0.39, 0.29) is 6.04 Å². The van der Waals surface area contributed by atoms with Crippen LogP contribution in [-0.2, 0) is 0 Å². The molecule has 29 heavy (non-hydrogen) atoms. The topological polar surface area (TPSA) is 34.1 Å². The van der Waals surface area contributed by atoms with E-state index in [1.807, 2.05) is 41.4 Å². The highest BCUT2D eigenvalue weighted by Crippen LogP contribution is 2.50. The fourth-order valence-electron chi connectivity index (χ4n) is 4.00. The Hall–Kier alpha value is -2.69. The molecule has 3 aromatic rings. The summed E-state index contributed by atoms with van der Waals surface area (Å²) in [6.07, 6.45) is 0.268. The zero-order valence-corrected chi connectivity index (χ0v) is 17.2. The number of ether oxygens (including phenoxy) is 2. The monoisotopic (exact) mass is 424 g/mol. The second kappa shape index (κ2) is 7.29. The zero-order valence-electron chi connectivity index (χ0n) is 15.7. The van der Waals surface area contributed by atoms with Gasteiger partial charge >= 0.3 is 0 Å². The lowest BCUT2D eigenvalue weighted by Gasteiger charge is -2.38. The quantitative estimate of drug-likeness (QED) is 0.498. The number of para-hydroxylation sites is 1. The second-order valence-electron chi connectivity index (χ2n) is 7.02.